The van der Waals surface area contributed by atoms with E-state index in [-0.39, 0.29) is 0 Å². The molecule has 2 aromatic rings. The largest absolute Gasteiger partial charge is 0.377 e. The average Bonchev–Trinajstić information content (AvgIpc) is 2.70. The molecule has 4 N–H and O–H groups in total. The molecule has 1 aromatic carbocycles. The van der Waals surface area contributed by atoms with Gasteiger partial charge in [-0.3, -0.25) is 4.98 Å². The molecule has 0 spiro atoms. The molecule has 0 radical (unpaired) electrons. The van der Waals surface area contributed by atoms with Gasteiger partial charge in [0, 0.05) is 24.7 Å². The van der Waals surface area contributed by atoms with Crippen LogP contribution in [0.15, 0.2) is 42.6 Å². The lowest BCUT2D eigenvalue weighted by Gasteiger charge is -2.36. The van der Waals surface area contributed by atoms with Crippen LogP contribution in [0, 0.1) is 0 Å². The van der Waals surface area contributed by atoms with Gasteiger partial charge in [0.2, 0.25) is 0 Å². The first-order chi connectivity index (χ1) is 12.8. The summed E-state index contributed by atoms with van der Waals surface area (Å²) in [4.78, 5) is 6.45. The zero-order valence-corrected chi connectivity index (χ0v) is 15.6. The van der Waals surface area contributed by atoms with Crippen LogP contribution in [0.2, 0.25) is 0 Å². The number of aromatic nitrogens is 1. The lowest BCUT2D eigenvalue weighted by atomic mass is 9.90. The predicted octanol–water partition coefficient (Wildman–Crippen LogP) is 2.12. The highest BCUT2D eigenvalue weighted by Crippen LogP contribution is 2.27. The number of hydrogen-bond donors (Lipinski definition) is 3. The van der Waals surface area contributed by atoms with Gasteiger partial charge >= 0.3 is 0 Å². The highest BCUT2D eigenvalue weighted by atomic mass is 15.2. The Hall–Kier alpha value is -1.91. The van der Waals surface area contributed by atoms with Crippen molar-refractivity contribution in [2.75, 3.05) is 25.0 Å². The Morgan fingerprint density at radius 3 is 2.88 bits per heavy atom. The minimum absolute atomic E-state index is 0.519. The van der Waals surface area contributed by atoms with Gasteiger partial charge in [-0.1, -0.05) is 24.3 Å². The second-order valence-corrected chi connectivity index (χ2v) is 7.78. The molecular weight excluding hydrogens is 320 g/mol. The number of anilines is 1. The highest BCUT2D eigenvalue weighted by Gasteiger charge is 2.32. The van der Waals surface area contributed by atoms with E-state index in [9.17, 15) is 0 Å². The molecule has 1 aromatic heterocycles. The molecule has 4 rings (SSSR count). The number of rotatable bonds is 6. The molecule has 2 heterocycles. The Morgan fingerprint density at radius 2 is 1.96 bits per heavy atom. The number of pyridine rings is 1. The van der Waals surface area contributed by atoms with Crippen molar-refractivity contribution in [3.63, 3.8) is 0 Å². The summed E-state index contributed by atoms with van der Waals surface area (Å²) < 4.78 is 0. The maximum atomic E-state index is 5.85. The smallest absolute Gasteiger partial charge is 0.131 e. The Morgan fingerprint density at radius 1 is 1.08 bits per heavy atom. The second kappa shape index (κ2) is 8.19. The number of hydrogen-bond acceptors (Lipinski definition) is 3. The number of benzene rings is 1. The number of fused-ring (bicyclic) bond motifs is 2. The maximum absolute atomic E-state index is 5.85. The van der Waals surface area contributed by atoms with Gasteiger partial charge in [-0.25, -0.2) is 0 Å². The van der Waals surface area contributed by atoms with Crippen LogP contribution in [0.1, 0.15) is 48.5 Å². The van der Waals surface area contributed by atoms with E-state index in [1.807, 2.05) is 6.20 Å². The van der Waals surface area contributed by atoms with Crippen molar-refractivity contribution in [1.82, 2.24) is 4.98 Å². The van der Waals surface area contributed by atoms with Crippen molar-refractivity contribution in [3.05, 3.63) is 59.4 Å². The minimum Gasteiger partial charge on any atom is -0.377 e. The minimum atomic E-state index is 0.519. The third-order valence-electron chi connectivity index (χ3n) is 6.04. The number of nitrogens with two attached hydrogens (primary N) is 1. The first kappa shape index (κ1) is 17.5. The summed E-state index contributed by atoms with van der Waals surface area (Å²) in [6.45, 7) is 3.05. The lowest BCUT2D eigenvalue weighted by molar-refractivity contribution is -0.933. The van der Waals surface area contributed by atoms with E-state index in [2.05, 4.69) is 41.7 Å². The molecule has 0 saturated heterocycles. The summed E-state index contributed by atoms with van der Waals surface area (Å²) >= 11 is 0. The van der Waals surface area contributed by atoms with Crippen molar-refractivity contribution < 1.29 is 4.90 Å². The molecule has 0 saturated carbocycles. The first-order valence-electron chi connectivity index (χ1n) is 10.2. The Bertz CT molecular complexity index is 730. The molecule has 0 amide bonds. The van der Waals surface area contributed by atoms with Crippen molar-refractivity contribution >= 4 is 5.69 Å². The Balaban J connectivity index is 1.51. The van der Waals surface area contributed by atoms with Gasteiger partial charge in [0.15, 0.2) is 0 Å². The summed E-state index contributed by atoms with van der Waals surface area (Å²) in [6.07, 6.45) is 9.13. The number of nitrogens with one attached hydrogen (secondary N) is 2. The van der Waals surface area contributed by atoms with Gasteiger partial charge in [-0.05, 0) is 55.5 Å². The third-order valence-corrected chi connectivity index (χ3v) is 6.04. The van der Waals surface area contributed by atoms with E-state index < -0.39 is 0 Å². The molecule has 4 heteroatoms. The summed E-state index contributed by atoms with van der Waals surface area (Å²) in [6, 6.07) is 14.2. The van der Waals surface area contributed by atoms with Crippen molar-refractivity contribution in [3.8, 4) is 0 Å². The fraction of sp³-hybridized carbons (Fsp3) is 0.500. The molecule has 1 aliphatic carbocycles. The topological polar surface area (TPSA) is 55.4 Å². The first-order valence-corrected chi connectivity index (χ1v) is 10.2. The number of quaternary nitrogens is 1. The van der Waals surface area contributed by atoms with Crippen LogP contribution in [-0.2, 0) is 12.8 Å². The standard InChI is InChI=1S/C22H30N4/c23-13-5-15-26(21-10-3-7-18-8-4-14-24-22(18)21)16-19-12-11-17-6-1-2-9-20(17)25-19/h1-2,4,6,8-9,14,19,21,25H,3,5,7,10-13,15-16,23H2/p+1. The van der Waals surface area contributed by atoms with Crippen LogP contribution in [0.25, 0.3) is 0 Å². The fourth-order valence-corrected chi connectivity index (χ4v) is 4.73. The van der Waals surface area contributed by atoms with Gasteiger partial charge in [-0.2, -0.15) is 0 Å². The van der Waals surface area contributed by atoms with Crippen LogP contribution in [0.3, 0.4) is 0 Å². The summed E-state index contributed by atoms with van der Waals surface area (Å²) in [5.41, 5.74) is 11.4. The van der Waals surface area contributed by atoms with E-state index in [4.69, 9.17) is 10.7 Å². The maximum Gasteiger partial charge on any atom is 0.131 e. The van der Waals surface area contributed by atoms with Crippen molar-refractivity contribution in [1.29, 1.82) is 0 Å². The van der Waals surface area contributed by atoms with Crippen LogP contribution >= 0.6 is 0 Å². The highest BCUT2D eigenvalue weighted by molar-refractivity contribution is 5.53. The average molecular weight is 352 g/mol. The van der Waals surface area contributed by atoms with Gasteiger partial charge in [0.05, 0.1) is 19.1 Å². The summed E-state index contributed by atoms with van der Waals surface area (Å²) in [5, 5.41) is 3.79. The Labute approximate surface area is 156 Å². The Kier molecular flexibility index (Phi) is 5.51. The van der Waals surface area contributed by atoms with Crippen molar-refractivity contribution in [2.24, 2.45) is 5.73 Å². The zero-order valence-electron chi connectivity index (χ0n) is 15.6. The monoisotopic (exact) mass is 351 g/mol. The number of nitrogens with zero attached hydrogens (tertiary/aromatic N) is 1. The van der Waals surface area contributed by atoms with E-state index >= 15 is 0 Å². The third kappa shape index (κ3) is 3.76. The van der Waals surface area contributed by atoms with Crippen LogP contribution in [-0.4, -0.2) is 30.7 Å². The van der Waals surface area contributed by atoms with Gasteiger partial charge in [-0.15, -0.1) is 0 Å². The molecule has 3 unspecified atom stereocenters. The van der Waals surface area contributed by atoms with Gasteiger partial charge in [0.1, 0.15) is 11.7 Å². The number of para-hydroxylation sites is 1. The second-order valence-electron chi connectivity index (χ2n) is 7.78. The van der Waals surface area contributed by atoms with Crippen molar-refractivity contribution in [2.45, 2.75) is 50.6 Å². The molecule has 1 aliphatic heterocycles. The van der Waals surface area contributed by atoms with E-state index in [1.165, 1.54) is 54.6 Å². The molecule has 2 aliphatic rings. The SMILES string of the molecule is NCCC[NH+](CC1CCc2ccccc2N1)C1CCCc2cccnc21. The molecule has 4 nitrogen and oxygen atoms in total. The fourth-order valence-electron chi connectivity index (χ4n) is 4.73. The zero-order chi connectivity index (χ0) is 17.8. The van der Waals surface area contributed by atoms with Crippen LogP contribution in [0.4, 0.5) is 5.69 Å². The normalized spacial score (nSPS) is 22.8. The quantitative estimate of drug-likeness (QED) is 0.747. The molecular formula is C22H31N4+. The summed E-state index contributed by atoms with van der Waals surface area (Å²) in [7, 11) is 0. The van der Waals surface area contributed by atoms with Crippen LogP contribution < -0.4 is 16.0 Å². The molecule has 0 fully saturated rings. The van der Waals surface area contributed by atoms with Gasteiger partial charge < -0.3 is 16.0 Å². The van der Waals surface area contributed by atoms with E-state index in [0.29, 0.717) is 12.1 Å². The molecule has 3 atom stereocenters. The molecule has 26 heavy (non-hydrogen) atoms. The van der Waals surface area contributed by atoms with Crippen LogP contribution in [0.5, 0.6) is 0 Å². The van der Waals surface area contributed by atoms with E-state index in [0.717, 1.165) is 26.1 Å². The lowest BCUT2D eigenvalue weighted by Crippen LogP contribution is -3.13. The molecule has 0 bridgehead atoms. The van der Waals surface area contributed by atoms with E-state index in [1.54, 1.807) is 4.90 Å². The summed E-state index contributed by atoms with van der Waals surface area (Å²) in [5.74, 6) is 0. The van der Waals surface area contributed by atoms with Gasteiger partial charge in [0.25, 0.3) is 0 Å². The number of aryl methyl sites for hydroxylation is 2. The molecule has 138 valence electrons. The predicted molar refractivity (Wildman–Crippen MR) is 106 cm³/mol.